The van der Waals surface area contributed by atoms with Gasteiger partial charge in [-0.3, -0.25) is 0 Å². The average Bonchev–Trinajstić information content (AvgIpc) is 2.32. The van der Waals surface area contributed by atoms with Gasteiger partial charge in [-0.15, -0.1) is 0 Å². The molecule has 0 N–H and O–H groups in total. The number of benzene rings is 2. The van der Waals surface area contributed by atoms with Crippen LogP contribution in [0.5, 0.6) is 5.75 Å². The fourth-order valence-corrected chi connectivity index (χ4v) is 2.59. The summed E-state index contributed by atoms with van der Waals surface area (Å²) < 4.78 is 17.6. The van der Waals surface area contributed by atoms with Crippen molar-refractivity contribution in [1.29, 1.82) is 0 Å². The molecule has 2 aromatic rings. The van der Waals surface area contributed by atoms with Crippen molar-refractivity contribution in [2.75, 3.05) is 0 Å². The van der Waals surface area contributed by atoms with Crippen molar-refractivity contribution < 1.29 is 8.39 Å². The highest BCUT2D eigenvalue weighted by Crippen LogP contribution is 2.19. The van der Waals surface area contributed by atoms with Crippen LogP contribution in [0.25, 0.3) is 0 Å². The van der Waals surface area contributed by atoms with Gasteiger partial charge in [0.15, 0.2) is 0 Å². The standard InChI is InChI=1S/C15H16O2S/c1-11-4-7-14(8-5-11)17-18(16)15-9-6-12(2)10-13(15)3/h4-10H,1-3H3. The second-order valence-corrected chi connectivity index (χ2v) is 5.48. The summed E-state index contributed by atoms with van der Waals surface area (Å²) in [6, 6.07) is 13.3. The second kappa shape index (κ2) is 5.36. The predicted molar refractivity (Wildman–Crippen MR) is 74.1 cm³/mol. The van der Waals surface area contributed by atoms with Crippen molar-refractivity contribution in [3.8, 4) is 5.75 Å². The minimum Gasteiger partial charge on any atom is -0.397 e. The van der Waals surface area contributed by atoms with E-state index in [1.165, 1.54) is 0 Å². The van der Waals surface area contributed by atoms with Gasteiger partial charge < -0.3 is 4.18 Å². The fraction of sp³-hybridized carbons (Fsp3) is 0.200. The maximum atomic E-state index is 12.1. The van der Waals surface area contributed by atoms with Crippen LogP contribution < -0.4 is 4.18 Å². The number of hydrogen-bond acceptors (Lipinski definition) is 2. The van der Waals surface area contributed by atoms with E-state index in [9.17, 15) is 4.21 Å². The van der Waals surface area contributed by atoms with Gasteiger partial charge >= 0.3 is 0 Å². The largest absolute Gasteiger partial charge is 0.397 e. The second-order valence-electron chi connectivity index (χ2n) is 4.40. The Morgan fingerprint density at radius 2 is 1.50 bits per heavy atom. The zero-order valence-corrected chi connectivity index (χ0v) is 11.6. The van der Waals surface area contributed by atoms with Crippen LogP contribution in [0.3, 0.4) is 0 Å². The Balaban J connectivity index is 2.19. The van der Waals surface area contributed by atoms with Gasteiger partial charge in [-0.05, 0) is 44.5 Å². The normalized spacial score (nSPS) is 12.2. The van der Waals surface area contributed by atoms with E-state index in [0.717, 1.165) is 21.6 Å². The van der Waals surface area contributed by atoms with E-state index in [-0.39, 0.29) is 0 Å². The summed E-state index contributed by atoms with van der Waals surface area (Å²) in [5, 5.41) is 0. The lowest BCUT2D eigenvalue weighted by Crippen LogP contribution is -2.03. The van der Waals surface area contributed by atoms with Crippen molar-refractivity contribution in [2.24, 2.45) is 0 Å². The molecule has 0 radical (unpaired) electrons. The third-order valence-electron chi connectivity index (χ3n) is 2.70. The molecule has 1 unspecified atom stereocenters. The quantitative estimate of drug-likeness (QED) is 0.841. The smallest absolute Gasteiger partial charge is 0.240 e. The van der Waals surface area contributed by atoms with Gasteiger partial charge in [0.25, 0.3) is 0 Å². The molecule has 2 aromatic carbocycles. The summed E-state index contributed by atoms with van der Waals surface area (Å²) in [6.07, 6.45) is 0. The maximum Gasteiger partial charge on any atom is 0.240 e. The van der Waals surface area contributed by atoms with Crippen LogP contribution >= 0.6 is 0 Å². The minimum absolute atomic E-state index is 0.624. The van der Waals surface area contributed by atoms with Crippen molar-refractivity contribution in [1.82, 2.24) is 0 Å². The summed E-state index contributed by atoms with van der Waals surface area (Å²) >= 11 is -1.46. The lowest BCUT2D eigenvalue weighted by atomic mass is 10.2. The molecular formula is C15H16O2S. The summed E-state index contributed by atoms with van der Waals surface area (Å²) in [6.45, 7) is 5.96. The molecule has 0 aliphatic heterocycles. The molecule has 2 rings (SSSR count). The van der Waals surface area contributed by atoms with Crippen LogP contribution in [-0.4, -0.2) is 4.21 Å². The van der Waals surface area contributed by atoms with Crippen LogP contribution in [0.15, 0.2) is 47.4 Å². The SMILES string of the molecule is Cc1ccc(OS(=O)c2ccc(C)cc2C)cc1. The predicted octanol–water partition coefficient (Wildman–Crippen LogP) is 3.71. The van der Waals surface area contributed by atoms with E-state index in [1.807, 2.05) is 63.2 Å². The summed E-state index contributed by atoms with van der Waals surface area (Å²) in [5.41, 5.74) is 3.30. The molecule has 0 bridgehead atoms. The third-order valence-corrected chi connectivity index (χ3v) is 3.86. The topological polar surface area (TPSA) is 26.3 Å². The molecule has 2 nitrogen and oxygen atoms in total. The van der Waals surface area contributed by atoms with E-state index < -0.39 is 11.1 Å². The summed E-state index contributed by atoms with van der Waals surface area (Å²) in [5.74, 6) is 0.624. The monoisotopic (exact) mass is 260 g/mol. The van der Waals surface area contributed by atoms with E-state index in [0.29, 0.717) is 5.75 Å². The Hall–Kier alpha value is -1.61. The molecule has 0 spiro atoms. The Morgan fingerprint density at radius 3 is 2.11 bits per heavy atom. The molecule has 18 heavy (non-hydrogen) atoms. The summed E-state index contributed by atoms with van der Waals surface area (Å²) in [4.78, 5) is 0.723. The Labute approximate surface area is 110 Å². The molecule has 0 aromatic heterocycles. The van der Waals surface area contributed by atoms with Crippen LogP contribution in [0.1, 0.15) is 16.7 Å². The zero-order chi connectivity index (χ0) is 13.1. The van der Waals surface area contributed by atoms with Crippen LogP contribution in [0.4, 0.5) is 0 Å². The number of hydrogen-bond donors (Lipinski definition) is 0. The van der Waals surface area contributed by atoms with Crippen molar-refractivity contribution in [3.05, 3.63) is 59.2 Å². The zero-order valence-electron chi connectivity index (χ0n) is 10.8. The van der Waals surface area contributed by atoms with Crippen LogP contribution in [-0.2, 0) is 11.1 Å². The Morgan fingerprint density at radius 1 is 0.889 bits per heavy atom. The first kappa shape index (κ1) is 12.8. The molecule has 3 heteroatoms. The molecule has 0 saturated heterocycles. The molecule has 0 amide bonds. The van der Waals surface area contributed by atoms with Gasteiger partial charge in [0.1, 0.15) is 5.75 Å². The average molecular weight is 260 g/mol. The first-order valence-corrected chi connectivity index (χ1v) is 6.88. The van der Waals surface area contributed by atoms with Gasteiger partial charge in [-0.1, -0.05) is 35.4 Å². The van der Waals surface area contributed by atoms with Crippen LogP contribution in [0, 0.1) is 20.8 Å². The molecule has 94 valence electrons. The van der Waals surface area contributed by atoms with Crippen molar-refractivity contribution in [2.45, 2.75) is 25.7 Å². The number of rotatable bonds is 3. The van der Waals surface area contributed by atoms with Gasteiger partial charge in [0.2, 0.25) is 11.1 Å². The summed E-state index contributed by atoms with van der Waals surface area (Å²) in [7, 11) is 0. The van der Waals surface area contributed by atoms with Gasteiger partial charge in [0.05, 0.1) is 4.90 Å². The van der Waals surface area contributed by atoms with E-state index in [4.69, 9.17) is 4.18 Å². The minimum atomic E-state index is -1.46. The Kier molecular flexibility index (Phi) is 3.82. The van der Waals surface area contributed by atoms with Gasteiger partial charge in [-0.2, -0.15) is 0 Å². The highest BCUT2D eigenvalue weighted by atomic mass is 32.2. The van der Waals surface area contributed by atoms with Crippen molar-refractivity contribution >= 4 is 11.1 Å². The van der Waals surface area contributed by atoms with Gasteiger partial charge in [0, 0.05) is 0 Å². The van der Waals surface area contributed by atoms with Gasteiger partial charge in [-0.25, -0.2) is 4.21 Å². The molecule has 1 atom stereocenters. The first-order valence-electron chi connectivity index (χ1n) is 5.80. The lowest BCUT2D eigenvalue weighted by Gasteiger charge is -2.08. The molecular weight excluding hydrogens is 244 g/mol. The van der Waals surface area contributed by atoms with E-state index >= 15 is 0 Å². The van der Waals surface area contributed by atoms with Crippen LogP contribution in [0.2, 0.25) is 0 Å². The Bertz CT molecular complexity index is 574. The lowest BCUT2D eigenvalue weighted by molar-refractivity contribution is 0.561. The van der Waals surface area contributed by atoms with E-state index in [2.05, 4.69) is 0 Å². The molecule has 0 fully saturated rings. The first-order chi connectivity index (χ1) is 8.56. The number of aryl methyl sites for hydroxylation is 3. The maximum absolute atomic E-state index is 12.1. The fourth-order valence-electron chi connectivity index (χ4n) is 1.71. The molecule has 0 aliphatic rings. The van der Waals surface area contributed by atoms with Crippen molar-refractivity contribution in [3.63, 3.8) is 0 Å². The highest BCUT2D eigenvalue weighted by molar-refractivity contribution is 7.80. The molecule has 0 saturated carbocycles. The molecule has 0 heterocycles. The highest BCUT2D eigenvalue weighted by Gasteiger charge is 2.09. The van der Waals surface area contributed by atoms with E-state index in [1.54, 1.807) is 0 Å². The molecule has 0 aliphatic carbocycles. The third kappa shape index (κ3) is 2.99.